The van der Waals surface area contributed by atoms with Crippen molar-refractivity contribution in [3.05, 3.63) is 40.7 Å². The van der Waals surface area contributed by atoms with Crippen molar-refractivity contribution in [3.63, 3.8) is 0 Å². The largest absolute Gasteiger partial charge is 0.492 e. The Bertz CT molecular complexity index is 810. The van der Waals surface area contributed by atoms with E-state index in [0.717, 1.165) is 19.6 Å². The normalized spacial score (nSPS) is 13.9. The van der Waals surface area contributed by atoms with E-state index in [1.54, 1.807) is 12.1 Å². The molecule has 2 aromatic rings. The number of nitro groups is 1. The zero-order valence-electron chi connectivity index (χ0n) is 14.6. The number of nitrogens with zero attached hydrogens (tertiary/aromatic N) is 4. The monoisotopic (exact) mass is 371 g/mol. The number of benzene rings is 1. The zero-order chi connectivity index (χ0) is 19.1. The van der Waals surface area contributed by atoms with E-state index in [2.05, 4.69) is 25.5 Å². The summed E-state index contributed by atoms with van der Waals surface area (Å²) in [6.45, 7) is 3.43. The Balaban J connectivity index is 1.68. The Labute approximate surface area is 155 Å². The minimum Gasteiger partial charge on any atom is -0.492 e. The van der Waals surface area contributed by atoms with Crippen LogP contribution in [0.25, 0.3) is 0 Å². The number of amides is 1. The lowest BCUT2D eigenvalue weighted by molar-refractivity contribution is -0.384. The van der Waals surface area contributed by atoms with Gasteiger partial charge in [0.05, 0.1) is 11.0 Å². The van der Waals surface area contributed by atoms with Gasteiger partial charge in [0.25, 0.3) is 5.69 Å². The van der Waals surface area contributed by atoms with E-state index in [1.165, 1.54) is 37.7 Å². The molecular weight excluding hydrogens is 352 g/mol. The van der Waals surface area contributed by atoms with Crippen molar-refractivity contribution in [2.24, 2.45) is 0 Å². The molecular formula is C17H19N6O4. The molecule has 0 saturated carbocycles. The molecule has 1 aliphatic heterocycles. The number of ether oxygens (including phenoxy) is 1. The summed E-state index contributed by atoms with van der Waals surface area (Å²) in [5.41, 5.74) is 0.121. The van der Waals surface area contributed by atoms with Gasteiger partial charge in [-0.15, -0.1) is 0 Å². The SMILES string of the molecule is O=[C]Nc1cc(Nc2ccc(OCCN3CCCC3)cc2[N+](=O)[O-])ncn1. The van der Waals surface area contributed by atoms with Crippen LogP contribution in [-0.4, -0.2) is 52.4 Å². The molecule has 0 spiro atoms. The third kappa shape index (κ3) is 5.11. The highest BCUT2D eigenvalue weighted by Crippen LogP contribution is 2.31. The topological polar surface area (TPSA) is 123 Å². The summed E-state index contributed by atoms with van der Waals surface area (Å²) in [4.78, 5) is 31.4. The minimum atomic E-state index is -0.491. The van der Waals surface area contributed by atoms with E-state index >= 15 is 0 Å². The highest BCUT2D eigenvalue weighted by atomic mass is 16.6. The van der Waals surface area contributed by atoms with Gasteiger partial charge in [0.2, 0.25) is 0 Å². The fraction of sp³-hybridized carbons (Fsp3) is 0.353. The van der Waals surface area contributed by atoms with Crippen molar-refractivity contribution in [1.82, 2.24) is 14.9 Å². The molecule has 141 valence electrons. The van der Waals surface area contributed by atoms with Gasteiger partial charge in [0, 0.05) is 12.6 Å². The molecule has 1 aromatic carbocycles. The van der Waals surface area contributed by atoms with Crippen molar-refractivity contribution in [2.75, 3.05) is 36.9 Å². The molecule has 1 fully saturated rings. The van der Waals surface area contributed by atoms with Gasteiger partial charge in [-0.1, -0.05) is 0 Å². The molecule has 0 aliphatic carbocycles. The van der Waals surface area contributed by atoms with Gasteiger partial charge >= 0.3 is 6.41 Å². The standard InChI is InChI=1S/C17H19N6O4/c24-12-20-16-10-17(19-11-18-16)21-14-4-3-13(9-15(14)23(25)26)27-8-7-22-5-1-2-6-22/h3-4,9-11H,1-2,5-8H2,(H2,18,19,20,21,24). The van der Waals surface area contributed by atoms with Crippen LogP contribution in [0, 0.1) is 10.1 Å². The van der Waals surface area contributed by atoms with Crippen LogP contribution in [0.5, 0.6) is 5.75 Å². The molecule has 10 nitrogen and oxygen atoms in total. The van der Waals surface area contributed by atoms with E-state index in [4.69, 9.17) is 4.74 Å². The predicted octanol–water partition coefficient (Wildman–Crippen LogP) is 2.08. The molecule has 2 N–H and O–H groups in total. The van der Waals surface area contributed by atoms with Crippen molar-refractivity contribution in [3.8, 4) is 5.75 Å². The fourth-order valence-corrected chi connectivity index (χ4v) is 2.84. The van der Waals surface area contributed by atoms with Gasteiger partial charge in [0.15, 0.2) is 0 Å². The number of carbonyl (C=O) groups excluding carboxylic acids is 1. The summed E-state index contributed by atoms with van der Waals surface area (Å²) in [5.74, 6) is 0.965. The molecule has 0 atom stereocenters. The number of hydrogen-bond donors (Lipinski definition) is 2. The van der Waals surface area contributed by atoms with E-state index in [0.29, 0.717) is 18.2 Å². The maximum absolute atomic E-state index is 11.4. The second kappa shape index (κ2) is 8.90. The maximum Gasteiger partial charge on any atom is 0.315 e. The summed E-state index contributed by atoms with van der Waals surface area (Å²) < 4.78 is 5.66. The first-order chi connectivity index (χ1) is 13.2. The van der Waals surface area contributed by atoms with Gasteiger partial charge in [-0.25, -0.2) is 9.97 Å². The number of nitro benzene ring substituents is 1. The zero-order valence-corrected chi connectivity index (χ0v) is 14.6. The molecule has 1 saturated heterocycles. The molecule has 27 heavy (non-hydrogen) atoms. The van der Waals surface area contributed by atoms with Crippen LogP contribution in [-0.2, 0) is 4.79 Å². The maximum atomic E-state index is 11.4. The second-order valence-corrected chi connectivity index (χ2v) is 5.97. The number of anilines is 3. The van der Waals surface area contributed by atoms with Crippen molar-refractivity contribution in [2.45, 2.75) is 12.8 Å². The van der Waals surface area contributed by atoms with Crippen LogP contribution < -0.4 is 15.4 Å². The fourth-order valence-electron chi connectivity index (χ4n) is 2.84. The van der Waals surface area contributed by atoms with Crippen molar-refractivity contribution in [1.29, 1.82) is 0 Å². The molecule has 0 bridgehead atoms. The number of hydrogen-bond acceptors (Lipinski definition) is 8. The van der Waals surface area contributed by atoms with Crippen molar-refractivity contribution < 1.29 is 14.5 Å². The number of likely N-dealkylation sites (tertiary alicyclic amines) is 1. The summed E-state index contributed by atoms with van der Waals surface area (Å²) in [7, 11) is 0. The lowest BCUT2D eigenvalue weighted by atomic mass is 10.2. The van der Waals surface area contributed by atoms with E-state index in [9.17, 15) is 14.9 Å². The summed E-state index contributed by atoms with van der Waals surface area (Å²) >= 11 is 0. The predicted molar refractivity (Wildman–Crippen MR) is 98.9 cm³/mol. The molecule has 1 radical (unpaired) electrons. The third-order valence-corrected chi connectivity index (χ3v) is 4.15. The quantitative estimate of drug-likeness (QED) is 0.390. The van der Waals surface area contributed by atoms with E-state index in [1.807, 2.05) is 0 Å². The van der Waals surface area contributed by atoms with Crippen LogP contribution >= 0.6 is 0 Å². The Morgan fingerprint density at radius 2 is 2.00 bits per heavy atom. The first-order valence-electron chi connectivity index (χ1n) is 8.51. The van der Waals surface area contributed by atoms with Crippen LogP contribution in [0.3, 0.4) is 0 Å². The average molecular weight is 371 g/mol. The van der Waals surface area contributed by atoms with Gasteiger partial charge in [0.1, 0.15) is 36.0 Å². The molecule has 2 heterocycles. The third-order valence-electron chi connectivity index (χ3n) is 4.15. The van der Waals surface area contributed by atoms with Gasteiger partial charge in [-0.3, -0.25) is 19.8 Å². The van der Waals surface area contributed by atoms with Crippen LogP contribution in [0.4, 0.5) is 23.0 Å². The molecule has 0 unspecified atom stereocenters. The molecule has 3 rings (SSSR count). The molecule has 10 heteroatoms. The number of nitrogens with one attached hydrogen (secondary N) is 2. The minimum absolute atomic E-state index is 0.135. The van der Waals surface area contributed by atoms with Gasteiger partial charge in [-0.2, -0.15) is 0 Å². The highest BCUT2D eigenvalue weighted by molar-refractivity contribution is 5.73. The van der Waals surface area contributed by atoms with E-state index < -0.39 is 4.92 Å². The smallest absolute Gasteiger partial charge is 0.315 e. The van der Waals surface area contributed by atoms with Crippen LogP contribution in [0.15, 0.2) is 30.6 Å². The summed E-state index contributed by atoms with van der Waals surface area (Å²) in [5, 5.41) is 16.5. The second-order valence-electron chi connectivity index (χ2n) is 5.97. The lowest BCUT2D eigenvalue weighted by Crippen LogP contribution is -2.25. The van der Waals surface area contributed by atoms with Gasteiger partial charge in [-0.05, 0) is 38.1 Å². The highest BCUT2D eigenvalue weighted by Gasteiger charge is 2.17. The Morgan fingerprint density at radius 3 is 2.74 bits per heavy atom. The first kappa shape index (κ1) is 18.5. The number of rotatable bonds is 9. The van der Waals surface area contributed by atoms with Crippen LogP contribution in [0.1, 0.15) is 12.8 Å². The Morgan fingerprint density at radius 1 is 1.22 bits per heavy atom. The summed E-state index contributed by atoms with van der Waals surface area (Å²) in [6.07, 6.45) is 5.14. The van der Waals surface area contributed by atoms with Gasteiger partial charge < -0.3 is 15.4 Å². The number of aromatic nitrogens is 2. The Kier molecular flexibility index (Phi) is 6.10. The molecule has 1 aromatic heterocycles. The summed E-state index contributed by atoms with van der Waals surface area (Å²) in [6, 6.07) is 6.05. The average Bonchev–Trinajstić information content (AvgIpc) is 3.17. The van der Waals surface area contributed by atoms with Crippen molar-refractivity contribution >= 4 is 29.4 Å². The molecule has 1 aliphatic rings. The van der Waals surface area contributed by atoms with Crippen LogP contribution in [0.2, 0.25) is 0 Å². The molecule has 1 amide bonds. The van der Waals surface area contributed by atoms with E-state index in [-0.39, 0.29) is 17.2 Å². The Hall–Kier alpha value is -3.27. The lowest BCUT2D eigenvalue weighted by Gasteiger charge is -2.15. The first-order valence-corrected chi connectivity index (χ1v) is 8.51.